The van der Waals surface area contributed by atoms with Crippen LogP contribution in [0.15, 0.2) is 11.6 Å². The topological polar surface area (TPSA) is 83.8 Å². The van der Waals surface area contributed by atoms with Gasteiger partial charge in [0.05, 0.1) is 0 Å². The average Bonchev–Trinajstić information content (AvgIpc) is 2.25. The lowest BCUT2D eigenvalue weighted by atomic mass is 9.85. The number of aliphatic carboxylic acids is 1. The Morgan fingerprint density at radius 2 is 1.76 bits per heavy atom. The van der Waals surface area contributed by atoms with Gasteiger partial charge in [0.1, 0.15) is 6.10 Å². The van der Waals surface area contributed by atoms with Crippen LogP contribution in [0.5, 0.6) is 0 Å². The zero-order valence-corrected chi connectivity index (χ0v) is 10.9. The van der Waals surface area contributed by atoms with Crippen LogP contribution in [0.3, 0.4) is 0 Å². The van der Waals surface area contributed by atoms with Gasteiger partial charge in [0, 0.05) is 5.57 Å². The van der Waals surface area contributed by atoms with Gasteiger partial charge < -0.3 is 14.9 Å². The molecule has 98 valence electrons. The molecule has 0 aliphatic rings. The maximum absolute atomic E-state index is 11.5. The van der Waals surface area contributed by atoms with Crippen LogP contribution in [-0.4, -0.2) is 33.9 Å². The molecule has 0 aliphatic carbocycles. The molecule has 0 aromatic rings. The first-order valence-electron chi connectivity index (χ1n) is 5.47. The Balaban J connectivity index is 4.96. The fourth-order valence-electron chi connectivity index (χ4n) is 1.35. The molecular formula is C12H20O5. The van der Waals surface area contributed by atoms with Crippen LogP contribution in [0.2, 0.25) is 0 Å². The maximum atomic E-state index is 11.5. The predicted octanol–water partition coefficient (Wildman–Crippen LogP) is 1.36. The number of carbonyl (C=O) groups is 2. The van der Waals surface area contributed by atoms with Gasteiger partial charge in [-0.3, -0.25) is 0 Å². The summed E-state index contributed by atoms with van der Waals surface area (Å²) in [5.41, 5.74) is -1.71. The summed E-state index contributed by atoms with van der Waals surface area (Å²) in [7, 11) is 0. The zero-order valence-electron chi connectivity index (χ0n) is 10.9. The molecule has 2 N–H and O–H groups in total. The van der Waals surface area contributed by atoms with Gasteiger partial charge in [0.25, 0.3) is 0 Å². The molecule has 0 saturated heterocycles. The van der Waals surface area contributed by atoms with E-state index in [9.17, 15) is 14.7 Å². The Morgan fingerprint density at radius 1 is 1.29 bits per heavy atom. The van der Waals surface area contributed by atoms with E-state index in [2.05, 4.69) is 0 Å². The largest absolute Gasteiger partial charge is 0.479 e. The molecule has 0 saturated carbocycles. The second-order valence-corrected chi connectivity index (χ2v) is 4.30. The number of carbonyl (C=O) groups excluding carboxylic acids is 1. The summed E-state index contributed by atoms with van der Waals surface area (Å²) in [6, 6.07) is 0. The van der Waals surface area contributed by atoms with Crippen LogP contribution in [0.1, 0.15) is 34.6 Å². The second-order valence-electron chi connectivity index (χ2n) is 4.30. The van der Waals surface area contributed by atoms with Crippen molar-refractivity contribution in [2.75, 3.05) is 0 Å². The first kappa shape index (κ1) is 15.6. The van der Waals surface area contributed by atoms with E-state index < -0.39 is 29.6 Å². The third-order valence-corrected chi connectivity index (χ3v) is 2.88. The normalized spacial score (nSPS) is 17.5. The Hall–Kier alpha value is -1.36. The lowest BCUT2D eigenvalue weighted by Gasteiger charge is -2.32. The number of carboxylic acid groups (broad SMARTS) is 1. The molecular weight excluding hydrogens is 224 g/mol. The van der Waals surface area contributed by atoms with E-state index in [0.29, 0.717) is 5.57 Å². The molecule has 2 unspecified atom stereocenters. The fraction of sp³-hybridized carbons (Fsp3) is 0.667. The van der Waals surface area contributed by atoms with Crippen LogP contribution in [0.4, 0.5) is 0 Å². The molecule has 0 spiro atoms. The van der Waals surface area contributed by atoms with Crippen molar-refractivity contribution in [3.63, 3.8) is 0 Å². The third-order valence-electron chi connectivity index (χ3n) is 2.88. The molecule has 0 heterocycles. The van der Waals surface area contributed by atoms with Gasteiger partial charge in [-0.2, -0.15) is 0 Å². The van der Waals surface area contributed by atoms with Crippen LogP contribution >= 0.6 is 0 Å². The lowest BCUT2D eigenvalue weighted by Crippen LogP contribution is -2.54. The Morgan fingerprint density at radius 3 is 2.06 bits per heavy atom. The molecule has 0 radical (unpaired) electrons. The van der Waals surface area contributed by atoms with Crippen molar-refractivity contribution in [1.82, 2.24) is 0 Å². The van der Waals surface area contributed by atoms with E-state index in [1.54, 1.807) is 33.8 Å². The number of hydrogen-bond donors (Lipinski definition) is 2. The van der Waals surface area contributed by atoms with E-state index in [0.717, 1.165) is 0 Å². The summed E-state index contributed by atoms with van der Waals surface area (Å²) >= 11 is 0. The fourth-order valence-corrected chi connectivity index (χ4v) is 1.35. The van der Waals surface area contributed by atoms with Crippen molar-refractivity contribution < 1.29 is 24.5 Å². The van der Waals surface area contributed by atoms with Crippen molar-refractivity contribution >= 4 is 11.9 Å². The molecule has 0 bridgehead atoms. The van der Waals surface area contributed by atoms with Gasteiger partial charge in [0.15, 0.2) is 0 Å². The van der Waals surface area contributed by atoms with Crippen molar-refractivity contribution in [1.29, 1.82) is 0 Å². The Bertz CT molecular complexity index is 332. The minimum atomic E-state index is -2.08. The number of aliphatic hydroxyl groups is 1. The second kappa shape index (κ2) is 5.82. The van der Waals surface area contributed by atoms with E-state index in [1.807, 2.05) is 0 Å². The highest BCUT2D eigenvalue weighted by Crippen LogP contribution is 2.24. The molecule has 5 heteroatoms. The quantitative estimate of drug-likeness (QED) is 0.563. The van der Waals surface area contributed by atoms with Crippen molar-refractivity contribution in [3.05, 3.63) is 11.6 Å². The molecule has 0 aromatic carbocycles. The zero-order chi connectivity index (χ0) is 13.8. The summed E-state index contributed by atoms with van der Waals surface area (Å²) in [6.45, 7) is 7.72. The number of rotatable bonds is 5. The number of ether oxygens (including phenoxy) is 1. The van der Waals surface area contributed by atoms with Gasteiger partial charge in [-0.05, 0) is 26.7 Å². The lowest BCUT2D eigenvalue weighted by molar-refractivity contribution is -0.187. The van der Waals surface area contributed by atoms with Gasteiger partial charge in [0.2, 0.25) is 5.60 Å². The highest BCUT2D eigenvalue weighted by atomic mass is 16.6. The maximum Gasteiger partial charge on any atom is 0.339 e. The summed E-state index contributed by atoms with van der Waals surface area (Å²) in [5.74, 6) is -2.60. The molecule has 0 aliphatic heterocycles. The minimum Gasteiger partial charge on any atom is -0.479 e. The van der Waals surface area contributed by atoms with E-state index in [-0.39, 0.29) is 0 Å². The Kier molecular flexibility index (Phi) is 5.35. The minimum absolute atomic E-state index is 0.369. The molecule has 2 atom stereocenters. The van der Waals surface area contributed by atoms with Gasteiger partial charge in [-0.25, -0.2) is 9.59 Å². The highest BCUT2D eigenvalue weighted by Gasteiger charge is 2.47. The highest BCUT2D eigenvalue weighted by molar-refractivity contribution is 5.88. The molecule has 17 heavy (non-hydrogen) atoms. The van der Waals surface area contributed by atoms with E-state index >= 15 is 0 Å². The van der Waals surface area contributed by atoms with Crippen molar-refractivity contribution in [3.8, 4) is 0 Å². The number of esters is 1. The number of carboxylic acids is 1. The van der Waals surface area contributed by atoms with Crippen LogP contribution in [-0.2, 0) is 14.3 Å². The molecule has 0 rings (SSSR count). The number of allylic oxidation sites excluding steroid dienone is 1. The van der Waals surface area contributed by atoms with Crippen LogP contribution in [0.25, 0.3) is 0 Å². The average molecular weight is 244 g/mol. The summed E-state index contributed by atoms with van der Waals surface area (Å²) in [4.78, 5) is 22.6. The monoisotopic (exact) mass is 244 g/mol. The predicted molar refractivity (Wildman–Crippen MR) is 62.4 cm³/mol. The van der Waals surface area contributed by atoms with E-state index in [4.69, 9.17) is 9.84 Å². The standard InChI is InChI=1S/C12H20O5/c1-6-8(4)10(13)17-9(5)12(16,7(2)3)11(14)15/h6-7,9,16H,1-5H3,(H,14,15)/b8-6+. The first-order valence-corrected chi connectivity index (χ1v) is 5.47. The summed E-state index contributed by atoms with van der Waals surface area (Å²) < 4.78 is 4.95. The van der Waals surface area contributed by atoms with Crippen LogP contribution in [0, 0.1) is 5.92 Å². The van der Waals surface area contributed by atoms with Gasteiger partial charge >= 0.3 is 11.9 Å². The molecule has 5 nitrogen and oxygen atoms in total. The number of hydrogen-bond acceptors (Lipinski definition) is 4. The van der Waals surface area contributed by atoms with E-state index in [1.165, 1.54) is 6.92 Å². The SMILES string of the molecule is C/C=C(\C)C(=O)OC(C)C(O)(C(=O)O)C(C)C. The van der Waals surface area contributed by atoms with Gasteiger partial charge in [-0.15, -0.1) is 0 Å². The molecule has 0 aromatic heterocycles. The third kappa shape index (κ3) is 3.30. The smallest absolute Gasteiger partial charge is 0.339 e. The van der Waals surface area contributed by atoms with Crippen LogP contribution < -0.4 is 0 Å². The summed E-state index contributed by atoms with van der Waals surface area (Å²) in [6.07, 6.45) is 0.437. The van der Waals surface area contributed by atoms with Crippen molar-refractivity contribution in [2.45, 2.75) is 46.3 Å². The first-order chi connectivity index (χ1) is 7.67. The van der Waals surface area contributed by atoms with Crippen molar-refractivity contribution in [2.24, 2.45) is 5.92 Å². The molecule has 0 amide bonds. The van der Waals surface area contributed by atoms with Gasteiger partial charge in [-0.1, -0.05) is 19.9 Å². The summed E-state index contributed by atoms with van der Waals surface area (Å²) in [5, 5.41) is 19.1. The Labute approximate surface area is 101 Å². The molecule has 0 fully saturated rings.